The number of carbonyl (C=O) groups is 3. The Bertz CT molecular complexity index is 848. The Morgan fingerprint density at radius 2 is 1.61 bits per heavy atom. The van der Waals surface area contributed by atoms with Gasteiger partial charge in [0.2, 0.25) is 5.91 Å². The molecule has 4 saturated carbocycles. The van der Waals surface area contributed by atoms with Crippen LogP contribution in [0.25, 0.3) is 0 Å². The first-order valence-corrected chi connectivity index (χ1v) is 14.4. The van der Waals surface area contributed by atoms with Crippen LogP contribution >= 0.6 is 0 Å². The maximum absolute atomic E-state index is 12.4. The second-order valence-electron chi connectivity index (χ2n) is 13.3. The highest BCUT2D eigenvalue weighted by atomic mass is 16.4. The zero-order chi connectivity index (χ0) is 26.3. The minimum atomic E-state index is -1.06. The maximum Gasteiger partial charge on any atom is 0.320 e. The lowest BCUT2D eigenvalue weighted by atomic mass is 9.44. The molecular formula is C29H48N2O5. The van der Waals surface area contributed by atoms with Crippen LogP contribution in [0.1, 0.15) is 104 Å². The van der Waals surface area contributed by atoms with Crippen LogP contribution in [0, 0.1) is 46.3 Å². The average Bonchev–Trinajstić information content (AvgIpc) is 3.18. The number of aliphatic carboxylic acids is 2. The molecule has 0 aromatic heterocycles. The normalized spacial score (nSPS) is 41.3. The molecule has 0 heterocycles. The molecule has 204 valence electrons. The minimum Gasteiger partial charge on any atom is -0.481 e. The predicted octanol–water partition coefficient (Wildman–Crippen LogP) is 4.82. The van der Waals surface area contributed by atoms with E-state index in [1.54, 1.807) is 0 Å². The Labute approximate surface area is 216 Å². The van der Waals surface area contributed by atoms with E-state index in [0.29, 0.717) is 28.6 Å². The first-order chi connectivity index (χ1) is 17.0. The fourth-order valence-electron chi connectivity index (χ4n) is 9.63. The van der Waals surface area contributed by atoms with Crippen molar-refractivity contribution in [3.05, 3.63) is 0 Å². The van der Waals surface area contributed by atoms with Gasteiger partial charge in [0.05, 0.1) is 0 Å². The molecule has 0 aliphatic heterocycles. The number of carbonyl (C=O) groups excluding carboxylic acids is 1. The number of hydrogen-bond acceptors (Lipinski definition) is 4. The van der Waals surface area contributed by atoms with Crippen molar-refractivity contribution in [2.45, 2.75) is 116 Å². The quantitative estimate of drug-likeness (QED) is 0.356. The monoisotopic (exact) mass is 504 g/mol. The summed E-state index contributed by atoms with van der Waals surface area (Å²) in [5.41, 5.74) is 6.25. The molecule has 0 unspecified atom stereocenters. The highest BCUT2D eigenvalue weighted by molar-refractivity contribution is 5.78. The van der Waals surface area contributed by atoms with Crippen molar-refractivity contribution >= 4 is 17.8 Å². The molecule has 4 aliphatic rings. The van der Waals surface area contributed by atoms with Gasteiger partial charge in [0.1, 0.15) is 6.04 Å². The number of nitrogens with one attached hydrogen (secondary N) is 1. The van der Waals surface area contributed by atoms with Crippen molar-refractivity contribution in [1.29, 1.82) is 0 Å². The zero-order valence-electron chi connectivity index (χ0n) is 22.5. The Hall–Kier alpha value is -1.63. The Balaban J connectivity index is 1.36. The zero-order valence-corrected chi connectivity index (χ0v) is 22.5. The average molecular weight is 505 g/mol. The van der Waals surface area contributed by atoms with Crippen molar-refractivity contribution in [3.63, 3.8) is 0 Å². The molecule has 10 atom stereocenters. The van der Waals surface area contributed by atoms with E-state index in [0.717, 1.165) is 43.4 Å². The van der Waals surface area contributed by atoms with E-state index in [2.05, 4.69) is 26.1 Å². The van der Waals surface area contributed by atoms with Gasteiger partial charge in [-0.2, -0.15) is 0 Å². The van der Waals surface area contributed by atoms with Crippen molar-refractivity contribution < 1.29 is 24.6 Å². The van der Waals surface area contributed by atoms with Gasteiger partial charge in [-0.05, 0) is 117 Å². The van der Waals surface area contributed by atoms with E-state index in [-0.39, 0.29) is 31.2 Å². The summed E-state index contributed by atoms with van der Waals surface area (Å²) in [6, 6.07) is -0.791. The summed E-state index contributed by atoms with van der Waals surface area (Å²) in [6.45, 7) is 7.35. The first kappa shape index (κ1) is 27.4. The fraction of sp³-hybridized carbons (Fsp3) is 0.897. The molecule has 0 spiro atoms. The number of rotatable bonds is 9. The highest BCUT2D eigenvalue weighted by Crippen LogP contribution is 2.68. The number of hydrogen-bond donors (Lipinski definition) is 4. The second kappa shape index (κ2) is 10.6. The third-order valence-electron chi connectivity index (χ3n) is 11.6. The van der Waals surface area contributed by atoms with Crippen LogP contribution in [0.2, 0.25) is 0 Å². The SMILES string of the molecule is C[C@H](CCC(=O)O)[C@H]1CC[C@H]2[C@@H]3CC[C@@H]4C[C@@H](NC(=O)CC[C@@H](N)C(=O)O)CC[C@]4(C)[C@H]3CC[C@]12C. The van der Waals surface area contributed by atoms with E-state index in [4.69, 9.17) is 10.8 Å². The van der Waals surface area contributed by atoms with Crippen molar-refractivity contribution in [2.75, 3.05) is 0 Å². The third kappa shape index (κ3) is 5.19. The molecule has 7 heteroatoms. The number of fused-ring (bicyclic) bond motifs is 5. The number of nitrogens with two attached hydrogens (primary N) is 1. The van der Waals surface area contributed by atoms with Gasteiger partial charge in [-0.25, -0.2) is 0 Å². The molecule has 4 fully saturated rings. The molecule has 5 N–H and O–H groups in total. The molecule has 0 saturated heterocycles. The van der Waals surface area contributed by atoms with Crippen LogP contribution in [-0.2, 0) is 14.4 Å². The summed E-state index contributed by atoms with van der Waals surface area (Å²) >= 11 is 0. The summed E-state index contributed by atoms with van der Waals surface area (Å²) in [5, 5.41) is 21.3. The number of carboxylic acids is 2. The second-order valence-corrected chi connectivity index (χ2v) is 13.3. The van der Waals surface area contributed by atoms with Gasteiger partial charge >= 0.3 is 11.9 Å². The van der Waals surface area contributed by atoms with Gasteiger partial charge < -0.3 is 21.3 Å². The van der Waals surface area contributed by atoms with Crippen LogP contribution in [0.15, 0.2) is 0 Å². The summed E-state index contributed by atoms with van der Waals surface area (Å²) < 4.78 is 0. The predicted molar refractivity (Wildman–Crippen MR) is 138 cm³/mol. The van der Waals surface area contributed by atoms with Gasteiger partial charge in [0.15, 0.2) is 0 Å². The lowest BCUT2D eigenvalue weighted by Gasteiger charge is -2.61. The number of amides is 1. The summed E-state index contributed by atoms with van der Waals surface area (Å²) in [7, 11) is 0. The van der Waals surface area contributed by atoms with Gasteiger partial charge in [0, 0.05) is 18.9 Å². The van der Waals surface area contributed by atoms with E-state index in [1.807, 2.05) is 0 Å². The standard InChI is InChI=1S/C29H48N2O5/c1-17(4-11-26(33)34)21-7-8-22-20-6-5-18-16-19(31-25(32)10-9-24(30)27(35)36)12-14-28(18,2)23(20)13-15-29(21,22)3/h17-24H,4-16,30H2,1-3H3,(H,31,32)(H,33,34)(H,35,36)/t17-,18-,19+,20+,21-,22+,23+,24-,28+,29-/m1/s1. The van der Waals surface area contributed by atoms with Gasteiger partial charge in [-0.1, -0.05) is 20.8 Å². The van der Waals surface area contributed by atoms with Crippen molar-refractivity contribution in [1.82, 2.24) is 5.32 Å². The van der Waals surface area contributed by atoms with Crippen LogP contribution < -0.4 is 11.1 Å². The van der Waals surface area contributed by atoms with Crippen LogP contribution in [0.5, 0.6) is 0 Å². The highest BCUT2D eigenvalue weighted by Gasteiger charge is 2.60. The topological polar surface area (TPSA) is 130 Å². The van der Waals surface area contributed by atoms with Crippen LogP contribution in [0.3, 0.4) is 0 Å². The molecule has 0 bridgehead atoms. The summed E-state index contributed by atoms with van der Waals surface area (Å²) in [4.78, 5) is 34.5. The Morgan fingerprint density at radius 3 is 2.31 bits per heavy atom. The lowest BCUT2D eigenvalue weighted by Crippen LogP contribution is -2.55. The first-order valence-electron chi connectivity index (χ1n) is 14.4. The summed E-state index contributed by atoms with van der Waals surface area (Å²) in [6.07, 6.45) is 12.3. The van der Waals surface area contributed by atoms with Crippen LogP contribution in [0.4, 0.5) is 0 Å². The fourth-order valence-corrected chi connectivity index (χ4v) is 9.63. The minimum absolute atomic E-state index is 0.0727. The van der Waals surface area contributed by atoms with Crippen molar-refractivity contribution in [3.8, 4) is 0 Å². The number of carboxylic acid groups (broad SMARTS) is 2. The summed E-state index contributed by atoms with van der Waals surface area (Å²) in [5.74, 6) is 2.26. The molecule has 36 heavy (non-hydrogen) atoms. The lowest BCUT2D eigenvalue weighted by molar-refractivity contribution is -0.139. The third-order valence-corrected chi connectivity index (χ3v) is 11.6. The largest absolute Gasteiger partial charge is 0.481 e. The molecular weight excluding hydrogens is 456 g/mol. The molecule has 0 radical (unpaired) electrons. The van der Waals surface area contributed by atoms with E-state index in [1.165, 1.54) is 38.5 Å². The van der Waals surface area contributed by atoms with Gasteiger partial charge in [-0.15, -0.1) is 0 Å². The van der Waals surface area contributed by atoms with Gasteiger partial charge in [0.25, 0.3) is 0 Å². The van der Waals surface area contributed by atoms with E-state index >= 15 is 0 Å². The van der Waals surface area contributed by atoms with Gasteiger partial charge in [-0.3, -0.25) is 14.4 Å². The maximum atomic E-state index is 12.4. The molecule has 0 aromatic carbocycles. The molecule has 0 aromatic rings. The van der Waals surface area contributed by atoms with E-state index in [9.17, 15) is 19.5 Å². The molecule has 7 nitrogen and oxygen atoms in total. The molecule has 4 rings (SSSR count). The smallest absolute Gasteiger partial charge is 0.320 e. The Morgan fingerprint density at radius 1 is 0.917 bits per heavy atom. The molecule has 1 amide bonds. The Kier molecular flexibility index (Phi) is 8.09. The van der Waals surface area contributed by atoms with E-state index < -0.39 is 18.0 Å². The molecule has 4 aliphatic carbocycles. The van der Waals surface area contributed by atoms with Crippen molar-refractivity contribution in [2.24, 2.45) is 52.1 Å². The van der Waals surface area contributed by atoms with Crippen LogP contribution in [-0.4, -0.2) is 40.1 Å².